The summed E-state index contributed by atoms with van der Waals surface area (Å²) < 4.78 is 1.98. The largest absolute Gasteiger partial charge is 0.368 e. The van der Waals surface area contributed by atoms with Gasteiger partial charge in [-0.15, -0.1) is 0 Å². The van der Waals surface area contributed by atoms with Gasteiger partial charge in [0.25, 0.3) is 0 Å². The molecule has 0 fully saturated rings. The van der Waals surface area contributed by atoms with Gasteiger partial charge in [0, 0.05) is 38.2 Å². The predicted octanol–water partition coefficient (Wildman–Crippen LogP) is 0.737. The Morgan fingerprint density at radius 2 is 2.18 bits per heavy atom. The van der Waals surface area contributed by atoms with Crippen LogP contribution in [0.15, 0.2) is 18.6 Å². The summed E-state index contributed by atoms with van der Waals surface area (Å²) in [5, 5.41) is 0. The van der Waals surface area contributed by atoms with Crippen LogP contribution in [0.2, 0.25) is 0 Å². The highest BCUT2D eigenvalue weighted by atomic mass is 15.2. The number of rotatable bonds is 3. The second-order valence-corrected chi connectivity index (χ2v) is 4.05. The molecule has 0 amide bonds. The second kappa shape index (κ2) is 4.40. The van der Waals surface area contributed by atoms with Gasteiger partial charge in [-0.2, -0.15) is 4.98 Å². The maximum Gasteiger partial charge on any atom is 0.221 e. The van der Waals surface area contributed by atoms with Crippen LogP contribution < -0.4 is 10.6 Å². The van der Waals surface area contributed by atoms with Gasteiger partial charge in [-0.25, -0.2) is 9.97 Å². The summed E-state index contributed by atoms with van der Waals surface area (Å²) in [5.41, 5.74) is 6.60. The first-order valence-electron chi connectivity index (χ1n) is 5.34. The van der Waals surface area contributed by atoms with Crippen molar-refractivity contribution in [3.8, 4) is 0 Å². The molecule has 17 heavy (non-hydrogen) atoms. The number of hydrogen-bond donors (Lipinski definition) is 1. The monoisotopic (exact) mass is 232 g/mol. The van der Waals surface area contributed by atoms with E-state index in [1.807, 2.05) is 36.7 Å². The zero-order valence-electron chi connectivity index (χ0n) is 10.3. The van der Waals surface area contributed by atoms with E-state index in [4.69, 9.17) is 5.73 Å². The molecule has 0 radical (unpaired) electrons. The molecule has 0 saturated carbocycles. The van der Waals surface area contributed by atoms with Gasteiger partial charge in [0.1, 0.15) is 11.6 Å². The van der Waals surface area contributed by atoms with Crippen molar-refractivity contribution < 1.29 is 0 Å². The molecule has 2 rings (SSSR count). The summed E-state index contributed by atoms with van der Waals surface area (Å²) in [6.45, 7) is 2.64. The fourth-order valence-electron chi connectivity index (χ4n) is 1.67. The normalized spacial score (nSPS) is 10.5. The number of aryl methyl sites for hydroxylation is 2. The summed E-state index contributed by atoms with van der Waals surface area (Å²) in [5.74, 6) is 2.10. The number of nitrogen functional groups attached to an aromatic ring is 1. The summed E-state index contributed by atoms with van der Waals surface area (Å²) in [7, 11) is 3.93. The van der Waals surface area contributed by atoms with Gasteiger partial charge in [-0.3, -0.25) is 0 Å². The van der Waals surface area contributed by atoms with Crippen LogP contribution in [-0.4, -0.2) is 26.6 Å². The van der Waals surface area contributed by atoms with E-state index >= 15 is 0 Å². The number of anilines is 2. The number of imidazole rings is 1. The van der Waals surface area contributed by atoms with Crippen molar-refractivity contribution in [1.82, 2.24) is 19.5 Å². The lowest BCUT2D eigenvalue weighted by Gasteiger charge is -2.19. The Morgan fingerprint density at radius 3 is 2.82 bits per heavy atom. The van der Waals surface area contributed by atoms with Crippen LogP contribution in [0.5, 0.6) is 0 Å². The third kappa shape index (κ3) is 2.35. The van der Waals surface area contributed by atoms with Gasteiger partial charge < -0.3 is 15.2 Å². The molecule has 6 heteroatoms. The first-order chi connectivity index (χ1) is 8.08. The zero-order valence-corrected chi connectivity index (χ0v) is 10.3. The maximum atomic E-state index is 5.60. The van der Waals surface area contributed by atoms with Crippen LogP contribution in [-0.2, 0) is 13.6 Å². The Morgan fingerprint density at radius 1 is 1.41 bits per heavy atom. The Bertz CT molecular complexity index is 518. The molecule has 2 aromatic heterocycles. The van der Waals surface area contributed by atoms with E-state index in [1.54, 1.807) is 12.4 Å². The Kier molecular flexibility index (Phi) is 2.95. The highest BCUT2D eigenvalue weighted by Gasteiger charge is 2.10. The van der Waals surface area contributed by atoms with Crippen LogP contribution in [0, 0.1) is 6.92 Å². The maximum absolute atomic E-state index is 5.60. The molecule has 90 valence electrons. The standard InChI is InChI=1S/C11H16N6/c1-8-6-14-11(12)15-10(8)17(3)7-9-13-4-5-16(9)2/h4-6H,7H2,1-3H3,(H2,12,14,15). The minimum atomic E-state index is 0.289. The van der Waals surface area contributed by atoms with Crippen molar-refractivity contribution in [2.75, 3.05) is 17.7 Å². The quantitative estimate of drug-likeness (QED) is 0.844. The highest BCUT2D eigenvalue weighted by molar-refractivity contribution is 5.47. The van der Waals surface area contributed by atoms with Gasteiger partial charge in [-0.1, -0.05) is 0 Å². The molecule has 0 aliphatic rings. The molecule has 0 bridgehead atoms. The lowest BCUT2D eigenvalue weighted by atomic mass is 10.3. The number of aromatic nitrogens is 4. The molecule has 2 heterocycles. The van der Waals surface area contributed by atoms with E-state index in [1.165, 1.54) is 0 Å². The molecule has 0 atom stereocenters. The van der Waals surface area contributed by atoms with Crippen molar-refractivity contribution in [3.63, 3.8) is 0 Å². The van der Waals surface area contributed by atoms with Crippen LogP contribution in [0.1, 0.15) is 11.4 Å². The minimum absolute atomic E-state index is 0.289. The first-order valence-corrected chi connectivity index (χ1v) is 5.34. The smallest absolute Gasteiger partial charge is 0.221 e. The molecule has 0 aliphatic heterocycles. The molecular formula is C11H16N6. The molecular weight excluding hydrogens is 216 g/mol. The van der Waals surface area contributed by atoms with Crippen LogP contribution in [0.3, 0.4) is 0 Å². The van der Waals surface area contributed by atoms with Gasteiger partial charge in [-0.05, 0) is 6.92 Å². The van der Waals surface area contributed by atoms with Crippen molar-refractivity contribution in [3.05, 3.63) is 30.0 Å². The molecule has 0 unspecified atom stereocenters. The van der Waals surface area contributed by atoms with E-state index in [0.717, 1.165) is 17.2 Å². The van der Waals surface area contributed by atoms with Crippen molar-refractivity contribution in [1.29, 1.82) is 0 Å². The molecule has 0 aliphatic carbocycles. The van der Waals surface area contributed by atoms with E-state index < -0.39 is 0 Å². The van der Waals surface area contributed by atoms with Crippen LogP contribution >= 0.6 is 0 Å². The molecule has 0 saturated heterocycles. The fraction of sp³-hybridized carbons (Fsp3) is 0.364. The zero-order chi connectivity index (χ0) is 12.4. The summed E-state index contributed by atoms with van der Waals surface area (Å²) in [6.07, 6.45) is 5.43. The van der Waals surface area contributed by atoms with E-state index in [9.17, 15) is 0 Å². The minimum Gasteiger partial charge on any atom is -0.368 e. The Hall–Kier alpha value is -2.11. The first kappa shape index (κ1) is 11.4. The van der Waals surface area contributed by atoms with Crippen molar-refractivity contribution in [2.45, 2.75) is 13.5 Å². The summed E-state index contributed by atoms with van der Waals surface area (Å²) in [4.78, 5) is 14.5. The third-order valence-corrected chi connectivity index (χ3v) is 2.62. The predicted molar refractivity (Wildman–Crippen MR) is 66.5 cm³/mol. The molecule has 0 spiro atoms. The van der Waals surface area contributed by atoms with Gasteiger partial charge in [0.05, 0.1) is 6.54 Å². The number of nitrogens with zero attached hydrogens (tertiary/aromatic N) is 5. The summed E-state index contributed by atoms with van der Waals surface area (Å²) in [6, 6.07) is 0. The SMILES string of the molecule is Cc1cnc(N)nc1N(C)Cc1nccn1C. The van der Waals surface area contributed by atoms with Gasteiger partial charge >= 0.3 is 0 Å². The number of nitrogens with two attached hydrogens (primary N) is 1. The lowest BCUT2D eigenvalue weighted by molar-refractivity contribution is 0.753. The molecule has 2 aromatic rings. The number of hydrogen-bond acceptors (Lipinski definition) is 5. The van der Waals surface area contributed by atoms with Crippen molar-refractivity contribution >= 4 is 11.8 Å². The Labute approximate surface area is 100 Å². The average Bonchev–Trinajstić information content (AvgIpc) is 2.68. The molecule has 0 aromatic carbocycles. The Balaban J connectivity index is 2.23. The van der Waals surface area contributed by atoms with Crippen molar-refractivity contribution in [2.24, 2.45) is 7.05 Å². The van der Waals surface area contributed by atoms with E-state index in [2.05, 4.69) is 15.0 Å². The lowest BCUT2D eigenvalue weighted by Crippen LogP contribution is -2.21. The molecule has 6 nitrogen and oxygen atoms in total. The fourth-order valence-corrected chi connectivity index (χ4v) is 1.67. The average molecular weight is 232 g/mol. The summed E-state index contributed by atoms with van der Waals surface area (Å²) >= 11 is 0. The topological polar surface area (TPSA) is 72.9 Å². The molecule has 2 N–H and O–H groups in total. The third-order valence-electron chi connectivity index (χ3n) is 2.62. The van der Waals surface area contributed by atoms with Crippen LogP contribution in [0.25, 0.3) is 0 Å². The van der Waals surface area contributed by atoms with Gasteiger partial charge in [0.15, 0.2) is 0 Å². The second-order valence-electron chi connectivity index (χ2n) is 4.05. The van der Waals surface area contributed by atoms with Crippen LogP contribution in [0.4, 0.5) is 11.8 Å². The van der Waals surface area contributed by atoms with E-state index in [0.29, 0.717) is 6.54 Å². The highest BCUT2D eigenvalue weighted by Crippen LogP contribution is 2.17. The van der Waals surface area contributed by atoms with E-state index in [-0.39, 0.29) is 5.95 Å². The van der Waals surface area contributed by atoms with Gasteiger partial charge in [0.2, 0.25) is 5.95 Å².